The molecule has 0 spiro atoms. The van der Waals surface area contributed by atoms with Gasteiger partial charge in [-0.05, 0) is 65.4 Å². The van der Waals surface area contributed by atoms with Crippen LogP contribution >= 0.6 is 0 Å². The topological polar surface area (TPSA) is 57.0 Å². The zero-order chi connectivity index (χ0) is 19.6. The minimum atomic E-state index is 0.390. The van der Waals surface area contributed by atoms with Crippen molar-refractivity contribution in [1.29, 1.82) is 0 Å². The minimum Gasteiger partial charge on any atom is -0.357 e. The van der Waals surface area contributed by atoms with Gasteiger partial charge in [-0.25, -0.2) is 9.98 Å². The molecule has 150 valence electrons. The number of imidazole rings is 1. The summed E-state index contributed by atoms with van der Waals surface area (Å²) in [6.07, 6.45) is 4.40. The summed E-state index contributed by atoms with van der Waals surface area (Å²) in [5, 5.41) is 6.87. The third-order valence-electron chi connectivity index (χ3n) is 4.88. The Hall–Kier alpha value is -2.08. The minimum absolute atomic E-state index is 0.390. The van der Waals surface area contributed by atoms with Gasteiger partial charge in [0.2, 0.25) is 0 Å². The number of guanidine groups is 1. The largest absolute Gasteiger partial charge is 0.357 e. The van der Waals surface area contributed by atoms with Crippen LogP contribution in [0.15, 0.2) is 29.4 Å². The molecular weight excluding hydrogens is 336 g/mol. The molecule has 6 nitrogen and oxygen atoms in total. The van der Waals surface area contributed by atoms with Crippen LogP contribution in [-0.2, 0) is 6.54 Å². The Bertz CT molecular complexity index is 717. The first kappa shape index (κ1) is 21.2. The number of hydrogen-bond acceptors (Lipinski definition) is 3. The van der Waals surface area contributed by atoms with Crippen molar-refractivity contribution < 1.29 is 0 Å². The lowest BCUT2D eigenvalue weighted by atomic mass is 10.2. The van der Waals surface area contributed by atoms with E-state index in [9.17, 15) is 0 Å². The van der Waals surface area contributed by atoms with Crippen molar-refractivity contribution in [2.45, 2.75) is 60.0 Å². The molecule has 2 aromatic heterocycles. The molecule has 1 unspecified atom stereocenters. The lowest BCUT2D eigenvalue weighted by Crippen LogP contribution is -2.42. The second kappa shape index (κ2) is 10.9. The zero-order valence-electron chi connectivity index (χ0n) is 17.6. The molecule has 0 aliphatic carbocycles. The van der Waals surface area contributed by atoms with Crippen LogP contribution in [-0.4, -0.2) is 52.5 Å². The average molecular weight is 373 g/mol. The predicted octanol–water partition coefficient (Wildman–Crippen LogP) is 3.21. The molecule has 2 aromatic rings. The molecule has 2 rings (SSSR count). The summed E-state index contributed by atoms with van der Waals surface area (Å²) >= 11 is 0. The SMILES string of the molecule is CCNC(=NCc1cn2c(C)cccc2n1)NC(C)CCCN(CC)CC. The normalized spacial score (nSPS) is 13.3. The van der Waals surface area contributed by atoms with E-state index in [2.05, 4.69) is 71.8 Å². The second-order valence-corrected chi connectivity index (χ2v) is 7.04. The average Bonchev–Trinajstić information content (AvgIpc) is 3.08. The van der Waals surface area contributed by atoms with Crippen LogP contribution in [0.1, 0.15) is 51.9 Å². The maximum atomic E-state index is 4.73. The van der Waals surface area contributed by atoms with E-state index in [1.807, 2.05) is 12.1 Å². The number of hydrogen-bond donors (Lipinski definition) is 2. The summed E-state index contributed by atoms with van der Waals surface area (Å²) in [6, 6.07) is 6.55. The Morgan fingerprint density at radius 3 is 2.70 bits per heavy atom. The Morgan fingerprint density at radius 1 is 1.26 bits per heavy atom. The van der Waals surface area contributed by atoms with Gasteiger partial charge in [-0.2, -0.15) is 0 Å². The highest BCUT2D eigenvalue weighted by Crippen LogP contribution is 2.09. The number of rotatable bonds is 10. The fourth-order valence-electron chi connectivity index (χ4n) is 3.22. The molecule has 2 heterocycles. The van der Waals surface area contributed by atoms with Gasteiger partial charge in [-0.1, -0.05) is 19.9 Å². The molecule has 0 aliphatic rings. The molecule has 1 atom stereocenters. The summed E-state index contributed by atoms with van der Waals surface area (Å²) in [5.74, 6) is 0.863. The van der Waals surface area contributed by atoms with Crippen LogP contribution in [0.3, 0.4) is 0 Å². The van der Waals surface area contributed by atoms with Gasteiger partial charge >= 0.3 is 0 Å². The second-order valence-electron chi connectivity index (χ2n) is 7.04. The van der Waals surface area contributed by atoms with Gasteiger partial charge in [-0.15, -0.1) is 0 Å². The van der Waals surface area contributed by atoms with E-state index in [1.165, 1.54) is 12.1 Å². The Morgan fingerprint density at radius 2 is 2.04 bits per heavy atom. The van der Waals surface area contributed by atoms with Crippen molar-refractivity contribution in [3.05, 3.63) is 35.8 Å². The molecule has 0 saturated heterocycles. The van der Waals surface area contributed by atoms with Crippen molar-refractivity contribution in [3.63, 3.8) is 0 Å². The van der Waals surface area contributed by atoms with Crippen molar-refractivity contribution in [2.75, 3.05) is 26.2 Å². The summed E-state index contributed by atoms with van der Waals surface area (Å²) in [6.45, 7) is 15.7. The number of pyridine rings is 1. The van der Waals surface area contributed by atoms with Crippen molar-refractivity contribution in [3.8, 4) is 0 Å². The molecular formula is C21H36N6. The fourth-order valence-corrected chi connectivity index (χ4v) is 3.22. The fraction of sp³-hybridized carbons (Fsp3) is 0.619. The number of nitrogens with zero attached hydrogens (tertiary/aromatic N) is 4. The van der Waals surface area contributed by atoms with Crippen LogP contribution in [0, 0.1) is 6.92 Å². The highest BCUT2D eigenvalue weighted by Gasteiger charge is 2.08. The number of aryl methyl sites for hydroxylation is 1. The molecule has 0 radical (unpaired) electrons. The van der Waals surface area contributed by atoms with Crippen LogP contribution in [0.4, 0.5) is 0 Å². The lowest BCUT2D eigenvalue weighted by molar-refractivity contribution is 0.292. The monoisotopic (exact) mass is 372 g/mol. The highest BCUT2D eigenvalue weighted by molar-refractivity contribution is 5.80. The van der Waals surface area contributed by atoms with Gasteiger partial charge in [0, 0.05) is 24.5 Å². The number of fused-ring (bicyclic) bond motifs is 1. The van der Waals surface area contributed by atoms with E-state index in [1.54, 1.807) is 0 Å². The van der Waals surface area contributed by atoms with E-state index in [-0.39, 0.29) is 0 Å². The van der Waals surface area contributed by atoms with Crippen molar-refractivity contribution >= 4 is 11.6 Å². The lowest BCUT2D eigenvalue weighted by Gasteiger charge is -2.21. The number of aromatic nitrogens is 2. The molecule has 0 amide bonds. The zero-order valence-corrected chi connectivity index (χ0v) is 17.6. The third-order valence-corrected chi connectivity index (χ3v) is 4.88. The van der Waals surface area contributed by atoms with Crippen LogP contribution in [0.25, 0.3) is 5.65 Å². The summed E-state index contributed by atoms with van der Waals surface area (Å²) < 4.78 is 2.11. The van der Waals surface area contributed by atoms with E-state index >= 15 is 0 Å². The Balaban J connectivity index is 1.91. The van der Waals surface area contributed by atoms with E-state index in [4.69, 9.17) is 4.99 Å². The quantitative estimate of drug-likeness (QED) is 0.497. The number of aliphatic imine (C=N–C) groups is 1. The van der Waals surface area contributed by atoms with Gasteiger partial charge in [0.05, 0.1) is 12.2 Å². The Labute approximate surface area is 164 Å². The first-order chi connectivity index (χ1) is 13.1. The first-order valence-electron chi connectivity index (χ1n) is 10.3. The third kappa shape index (κ3) is 6.54. The number of nitrogens with one attached hydrogen (secondary N) is 2. The maximum absolute atomic E-state index is 4.73. The molecule has 0 aliphatic heterocycles. The van der Waals surface area contributed by atoms with Gasteiger partial charge < -0.3 is 19.9 Å². The summed E-state index contributed by atoms with van der Waals surface area (Å²) in [4.78, 5) is 11.9. The molecule has 6 heteroatoms. The maximum Gasteiger partial charge on any atom is 0.191 e. The molecule has 27 heavy (non-hydrogen) atoms. The molecule has 0 saturated carbocycles. The Kier molecular flexibility index (Phi) is 8.58. The molecule has 0 fully saturated rings. The first-order valence-corrected chi connectivity index (χ1v) is 10.3. The standard InChI is InChI=1S/C21H36N6/c1-6-22-21(24-17(4)11-10-14-26(7-2)8-3)23-15-19-16-27-18(5)12-9-13-20(27)25-19/h9,12-13,16-17H,6-8,10-11,14-15H2,1-5H3,(H2,22,23,24). The smallest absolute Gasteiger partial charge is 0.191 e. The summed E-state index contributed by atoms with van der Waals surface area (Å²) in [5.41, 5.74) is 3.14. The van der Waals surface area contributed by atoms with Crippen molar-refractivity contribution in [2.24, 2.45) is 4.99 Å². The highest BCUT2D eigenvalue weighted by atomic mass is 15.2. The van der Waals surface area contributed by atoms with Crippen LogP contribution in [0.5, 0.6) is 0 Å². The molecule has 0 bridgehead atoms. The van der Waals surface area contributed by atoms with Crippen molar-refractivity contribution in [1.82, 2.24) is 24.9 Å². The summed E-state index contributed by atoms with van der Waals surface area (Å²) in [7, 11) is 0. The predicted molar refractivity (Wildman–Crippen MR) is 114 cm³/mol. The van der Waals surface area contributed by atoms with Crippen LogP contribution < -0.4 is 10.6 Å². The van der Waals surface area contributed by atoms with Gasteiger partial charge in [0.25, 0.3) is 0 Å². The van der Waals surface area contributed by atoms with Gasteiger partial charge in [0.1, 0.15) is 5.65 Å². The van der Waals surface area contributed by atoms with Gasteiger partial charge in [-0.3, -0.25) is 0 Å². The van der Waals surface area contributed by atoms with E-state index < -0.39 is 0 Å². The van der Waals surface area contributed by atoms with Crippen LogP contribution in [0.2, 0.25) is 0 Å². The van der Waals surface area contributed by atoms with Gasteiger partial charge in [0.15, 0.2) is 5.96 Å². The molecule has 0 aromatic carbocycles. The van der Waals surface area contributed by atoms with E-state index in [0.717, 1.165) is 49.9 Å². The molecule has 2 N–H and O–H groups in total. The van der Waals surface area contributed by atoms with E-state index in [0.29, 0.717) is 12.6 Å².